The highest BCUT2D eigenvalue weighted by atomic mass is 32.2. The van der Waals surface area contributed by atoms with Crippen molar-refractivity contribution >= 4 is 29.6 Å². The number of urea groups is 1. The van der Waals surface area contributed by atoms with E-state index in [0.717, 1.165) is 36.0 Å². The maximum atomic E-state index is 14.0. The first-order chi connectivity index (χ1) is 14.4. The van der Waals surface area contributed by atoms with Gasteiger partial charge in [-0.15, -0.1) is 10.2 Å². The van der Waals surface area contributed by atoms with Crippen LogP contribution in [0.3, 0.4) is 0 Å². The molecule has 1 saturated heterocycles. The van der Waals surface area contributed by atoms with Gasteiger partial charge in [0.2, 0.25) is 5.91 Å². The van der Waals surface area contributed by atoms with Crippen molar-refractivity contribution in [2.24, 2.45) is 7.05 Å². The van der Waals surface area contributed by atoms with Crippen molar-refractivity contribution in [2.75, 3.05) is 5.75 Å². The van der Waals surface area contributed by atoms with E-state index in [4.69, 9.17) is 0 Å². The van der Waals surface area contributed by atoms with Gasteiger partial charge in [0.25, 0.3) is 5.91 Å². The first-order valence-corrected chi connectivity index (χ1v) is 10.6. The summed E-state index contributed by atoms with van der Waals surface area (Å²) >= 11 is 1.07. The fourth-order valence-electron chi connectivity index (χ4n) is 3.82. The van der Waals surface area contributed by atoms with E-state index in [9.17, 15) is 18.8 Å². The smallest absolute Gasteiger partial charge is 0.322 e. The normalized spacial score (nSPS) is 18.0. The van der Waals surface area contributed by atoms with Crippen LogP contribution in [-0.2, 0) is 16.6 Å². The molecule has 1 aromatic carbocycles. The van der Waals surface area contributed by atoms with Gasteiger partial charge in [-0.05, 0) is 25.0 Å². The zero-order valence-corrected chi connectivity index (χ0v) is 17.2. The minimum Gasteiger partial charge on any atom is -0.322 e. The number of amides is 4. The van der Waals surface area contributed by atoms with Crippen LogP contribution in [0.4, 0.5) is 9.18 Å². The first-order valence-electron chi connectivity index (χ1n) is 9.64. The predicted octanol–water partition coefficient (Wildman–Crippen LogP) is 2.00. The van der Waals surface area contributed by atoms with Crippen LogP contribution in [0, 0.1) is 5.82 Å². The molecule has 1 saturated carbocycles. The number of hydrogen-bond acceptors (Lipinski definition) is 6. The second-order valence-electron chi connectivity index (χ2n) is 7.38. The molecule has 2 N–H and O–H groups in total. The van der Waals surface area contributed by atoms with Crippen LogP contribution in [0.25, 0.3) is 11.4 Å². The maximum Gasteiger partial charge on any atom is 0.344 e. The third-order valence-electron chi connectivity index (χ3n) is 5.39. The Kier molecular flexibility index (Phi) is 5.46. The molecule has 0 bridgehead atoms. The quantitative estimate of drug-likeness (QED) is 0.553. The summed E-state index contributed by atoms with van der Waals surface area (Å²) < 4.78 is 15.6. The number of benzene rings is 1. The van der Waals surface area contributed by atoms with Crippen molar-refractivity contribution in [3.63, 3.8) is 0 Å². The summed E-state index contributed by atoms with van der Waals surface area (Å²) in [4.78, 5) is 37.3. The summed E-state index contributed by atoms with van der Waals surface area (Å²) in [7, 11) is 1.67. The SMILES string of the molecule is Cn1c(SCC(=O)NN2C(=O)NC3(CCCCC3)C2=O)nnc1-c1ccccc1F. The Morgan fingerprint density at radius 3 is 2.70 bits per heavy atom. The standard InChI is InChI=1S/C19H21FN6O3S/c1-25-15(12-7-3-4-8-13(12)20)22-23-18(25)30-11-14(27)24-26-16(28)19(21-17(26)29)9-5-2-6-10-19/h3-4,7-8H,2,5-6,9-11H2,1H3,(H,21,29)(H,24,27). The minimum atomic E-state index is -0.895. The van der Waals surface area contributed by atoms with E-state index in [1.165, 1.54) is 6.07 Å². The molecule has 1 aromatic heterocycles. The number of thioether (sulfide) groups is 1. The molecule has 30 heavy (non-hydrogen) atoms. The van der Waals surface area contributed by atoms with Crippen molar-refractivity contribution < 1.29 is 18.8 Å². The summed E-state index contributed by atoms with van der Waals surface area (Å²) in [5.41, 5.74) is 1.79. The van der Waals surface area contributed by atoms with Gasteiger partial charge in [0.1, 0.15) is 11.4 Å². The molecular formula is C19H21FN6O3S. The molecular weight excluding hydrogens is 411 g/mol. The van der Waals surface area contributed by atoms with Gasteiger partial charge in [-0.25, -0.2) is 9.18 Å². The second kappa shape index (κ2) is 8.05. The highest BCUT2D eigenvalue weighted by molar-refractivity contribution is 7.99. The Labute approximate surface area is 176 Å². The number of aromatic nitrogens is 3. The van der Waals surface area contributed by atoms with Gasteiger partial charge in [-0.1, -0.05) is 43.2 Å². The Hall–Kier alpha value is -2.95. The lowest BCUT2D eigenvalue weighted by Crippen LogP contribution is -2.51. The van der Waals surface area contributed by atoms with Crippen molar-refractivity contribution in [1.82, 2.24) is 30.5 Å². The zero-order chi connectivity index (χ0) is 21.3. The molecule has 2 heterocycles. The van der Waals surface area contributed by atoms with E-state index >= 15 is 0 Å². The van der Waals surface area contributed by atoms with Crippen LogP contribution in [0.2, 0.25) is 0 Å². The lowest BCUT2D eigenvalue weighted by Gasteiger charge is -2.30. The predicted molar refractivity (Wildman–Crippen MR) is 106 cm³/mol. The average molecular weight is 432 g/mol. The van der Waals surface area contributed by atoms with Gasteiger partial charge in [-0.3, -0.25) is 15.0 Å². The molecule has 1 aliphatic carbocycles. The number of halogens is 1. The third-order valence-corrected chi connectivity index (χ3v) is 6.41. The summed E-state index contributed by atoms with van der Waals surface area (Å²) in [6, 6.07) is 5.61. The van der Waals surface area contributed by atoms with Crippen molar-refractivity contribution in [3.8, 4) is 11.4 Å². The van der Waals surface area contributed by atoms with Gasteiger partial charge >= 0.3 is 6.03 Å². The number of carbonyl (C=O) groups is 3. The number of nitrogens with zero attached hydrogens (tertiary/aromatic N) is 4. The Morgan fingerprint density at radius 1 is 1.23 bits per heavy atom. The summed E-state index contributed by atoms with van der Waals surface area (Å²) in [5.74, 6) is -1.10. The Bertz CT molecular complexity index is 1000. The molecule has 4 rings (SSSR count). The van der Waals surface area contributed by atoms with Crippen LogP contribution < -0.4 is 10.7 Å². The zero-order valence-electron chi connectivity index (χ0n) is 16.4. The highest BCUT2D eigenvalue weighted by Crippen LogP contribution is 2.33. The highest BCUT2D eigenvalue weighted by Gasteiger charge is 2.52. The summed E-state index contributed by atoms with van der Waals surface area (Å²) in [6.45, 7) is 0. The fourth-order valence-corrected chi connectivity index (χ4v) is 4.52. The molecule has 9 nitrogen and oxygen atoms in total. The molecule has 0 unspecified atom stereocenters. The topological polar surface area (TPSA) is 109 Å². The van der Waals surface area contributed by atoms with E-state index in [-0.39, 0.29) is 5.75 Å². The number of hydrogen-bond donors (Lipinski definition) is 2. The molecule has 4 amide bonds. The van der Waals surface area contributed by atoms with Crippen molar-refractivity contribution in [1.29, 1.82) is 0 Å². The molecule has 0 atom stereocenters. The number of hydrazine groups is 1. The fraction of sp³-hybridized carbons (Fsp3) is 0.421. The molecule has 2 fully saturated rings. The molecule has 2 aromatic rings. The lowest BCUT2D eigenvalue weighted by atomic mass is 9.82. The average Bonchev–Trinajstić information content (AvgIpc) is 3.20. The minimum absolute atomic E-state index is 0.0900. The van der Waals surface area contributed by atoms with Gasteiger partial charge in [0, 0.05) is 7.05 Å². The second-order valence-corrected chi connectivity index (χ2v) is 8.32. The monoisotopic (exact) mass is 432 g/mol. The van der Waals surface area contributed by atoms with Crippen LogP contribution in [0.5, 0.6) is 0 Å². The number of imide groups is 1. The van der Waals surface area contributed by atoms with E-state index in [0.29, 0.717) is 29.4 Å². The Balaban J connectivity index is 1.38. The van der Waals surface area contributed by atoms with Crippen molar-refractivity contribution in [2.45, 2.75) is 42.8 Å². The van der Waals surface area contributed by atoms with E-state index in [1.807, 2.05) is 0 Å². The Morgan fingerprint density at radius 2 is 1.97 bits per heavy atom. The molecule has 11 heteroatoms. The first kappa shape index (κ1) is 20.3. The number of rotatable bonds is 5. The summed E-state index contributed by atoms with van der Waals surface area (Å²) in [5, 5.41) is 11.9. The van der Waals surface area contributed by atoms with Crippen LogP contribution in [-0.4, -0.2) is 48.9 Å². The van der Waals surface area contributed by atoms with Gasteiger partial charge in [0.15, 0.2) is 11.0 Å². The number of nitrogens with one attached hydrogen (secondary N) is 2. The molecule has 1 aliphatic heterocycles. The van der Waals surface area contributed by atoms with Gasteiger partial charge in [-0.2, -0.15) is 5.01 Å². The lowest BCUT2D eigenvalue weighted by molar-refractivity contribution is -0.139. The molecule has 158 valence electrons. The molecule has 2 aliphatic rings. The van der Waals surface area contributed by atoms with Crippen LogP contribution in [0.15, 0.2) is 29.4 Å². The molecule has 1 spiro atoms. The molecule has 0 radical (unpaired) electrons. The van der Waals surface area contributed by atoms with E-state index in [1.54, 1.807) is 29.8 Å². The van der Waals surface area contributed by atoms with Gasteiger partial charge < -0.3 is 9.88 Å². The third kappa shape index (κ3) is 3.64. The van der Waals surface area contributed by atoms with E-state index < -0.39 is 29.2 Å². The van der Waals surface area contributed by atoms with Gasteiger partial charge in [0.05, 0.1) is 11.3 Å². The van der Waals surface area contributed by atoms with Crippen molar-refractivity contribution in [3.05, 3.63) is 30.1 Å². The van der Waals surface area contributed by atoms with Crippen LogP contribution >= 0.6 is 11.8 Å². The maximum absolute atomic E-state index is 14.0. The number of carbonyl (C=O) groups excluding carboxylic acids is 3. The van der Waals surface area contributed by atoms with E-state index in [2.05, 4.69) is 20.9 Å². The largest absolute Gasteiger partial charge is 0.344 e. The van der Waals surface area contributed by atoms with Crippen LogP contribution in [0.1, 0.15) is 32.1 Å². The summed E-state index contributed by atoms with van der Waals surface area (Å²) in [6.07, 6.45) is 3.91.